The Balaban J connectivity index is 2.76. The number of halogens is 2. The minimum Gasteiger partial charge on any atom is -0.343 e. The number of benzene rings is 1. The van der Waals surface area contributed by atoms with Gasteiger partial charge in [-0.15, -0.1) is 0 Å². The third-order valence-electron chi connectivity index (χ3n) is 2.36. The highest BCUT2D eigenvalue weighted by atomic mass is 79.9. The van der Waals surface area contributed by atoms with Crippen molar-refractivity contribution in [2.75, 3.05) is 0 Å². The Kier molecular flexibility index (Phi) is 4.81. The van der Waals surface area contributed by atoms with Crippen molar-refractivity contribution >= 4 is 27.6 Å². The number of amides is 1. The van der Waals surface area contributed by atoms with Gasteiger partial charge < -0.3 is 5.32 Å². The first-order chi connectivity index (χ1) is 7.95. The lowest BCUT2D eigenvalue weighted by Gasteiger charge is -2.12. The fourth-order valence-corrected chi connectivity index (χ4v) is 1.68. The van der Waals surface area contributed by atoms with Crippen LogP contribution in [0.5, 0.6) is 0 Å². The van der Waals surface area contributed by atoms with E-state index in [4.69, 9.17) is 0 Å². The van der Waals surface area contributed by atoms with Crippen LogP contribution in [-0.2, 0) is 4.79 Å². The van der Waals surface area contributed by atoms with Gasteiger partial charge >= 0.3 is 0 Å². The molecule has 0 saturated carbocycles. The van der Waals surface area contributed by atoms with E-state index in [2.05, 4.69) is 21.2 Å². The number of nitrogens with one attached hydrogen (secondary N) is 1. The summed E-state index contributed by atoms with van der Waals surface area (Å²) in [5, 5.41) is 2.56. The van der Waals surface area contributed by atoms with E-state index in [9.17, 15) is 14.0 Å². The highest BCUT2D eigenvalue weighted by Gasteiger charge is 2.15. The lowest BCUT2D eigenvalue weighted by atomic mass is 10.1. The molecule has 1 atom stereocenters. The summed E-state index contributed by atoms with van der Waals surface area (Å²) in [5.41, 5.74) is 0.314. The highest BCUT2D eigenvalue weighted by molar-refractivity contribution is 9.10. The molecular weight excluding hydrogens is 289 g/mol. The van der Waals surface area contributed by atoms with Gasteiger partial charge in [-0.05, 0) is 41.1 Å². The Bertz CT molecular complexity index is 448. The molecular formula is C12H13BrFNO2. The van der Waals surface area contributed by atoms with E-state index in [0.29, 0.717) is 12.0 Å². The SMILES string of the molecule is CCC(=O)C(C)NC(=O)c1ccc(F)c(Br)c1. The number of hydrogen-bond acceptors (Lipinski definition) is 2. The smallest absolute Gasteiger partial charge is 0.251 e. The van der Waals surface area contributed by atoms with Crippen molar-refractivity contribution in [2.45, 2.75) is 26.3 Å². The van der Waals surface area contributed by atoms with Gasteiger partial charge in [-0.2, -0.15) is 0 Å². The third-order valence-corrected chi connectivity index (χ3v) is 2.97. The van der Waals surface area contributed by atoms with Crippen molar-refractivity contribution in [3.8, 4) is 0 Å². The number of rotatable bonds is 4. The van der Waals surface area contributed by atoms with Gasteiger partial charge in [-0.3, -0.25) is 9.59 Å². The molecule has 0 radical (unpaired) electrons. The maximum atomic E-state index is 13.0. The lowest BCUT2D eigenvalue weighted by Crippen LogP contribution is -2.38. The molecule has 1 amide bonds. The molecule has 1 aromatic carbocycles. The largest absolute Gasteiger partial charge is 0.343 e. The van der Waals surface area contributed by atoms with E-state index in [0.717, 1.165) is 0 Å². The predicted octanol–water partition coefficient (Wildman–Crippen LogP) is 2.69. The molecule has 92 valence electrons. The summed E-state index contributed by atoms with van der Waals surface area (Å²) in [6, 6.07) is 3.42. The second-order valence-electron chi connectivity index (χ2n) is 3.64. The van der Waals surface area contributed by atoms with Crippen LogP contribution in [0.1, 0.15) is 30.6 Å². The topological polar surface area (TPSA) is 46.2 Å². The zero-order valence-corrected chi connectivity index (χ0v) is 11.2. The number of hydrogen-bond donors (Lipinski definition) is 1. The zero-order valence-electron chi connectivity index (χ0n) is 9.59. The molecule has 0 spiro atoms. The van der Waals surface area contributed by atoms with Crippen LogP contribution < -0.4 is 5.32 Å². The van der Waals surface area contributed by atoms with Gasteiger partial charge in [0.05, 0.1) is 10.5 Å². The third kappa shape index (κ3) is 3.63. The van der Waals surface area contributed by atoms with E-state index in [1.165, 1.54) is 18.2 Å². The summed E-state index contributed by atoms with van der Waals surface area (Å²) in [5.74, 6) is -0.862. The molecule has 0 bridgehead atoms. The van der Waals surface area contributed by atoms with Crippen molar-refractivity contribution in [1.29, 1.82) is 0 Å². The normalized spacial score (nSPS) is 12.0. The van der Waals surface area contributed by atoms with Crippen LogP contribution in [0.4, 0.5) is 4.39 Å². The van der Waals surface area contributed by atoms with Crippen molar-refractivity contribution in [2.24, 2.45) is 0 Å². The molecule has 1 unspecified atom stereocenters. The maximum absolute atomic E-state index is 13.0. The minimum absolute atomic E-state index is 0.0421. The van der Waals surface area contributed by atoms with Crippen LogP contribution in [0.25, 0.3) is 0 Å². The highest BCUT2D eigenvalue weighted by Crippen LogP contribution is 2.16. The number of carbonyl (C=O) groups is 2. The summed E-state index contributed by atoms with van der Waals surface area (Å²) in [6.45, 7) is 3.36. The standard InChI is InChI=1S/C12H13BrFNO2/c1-3-11(16)7(2)15-12(17)8-4-5-10(14)9(13)6-8/h4-7H,3H2,1-2H3,(H,15,17). The summed E-state index contributed by atoms with van der Waals surface area (Å²) >= 11 is 3.00. The Labute approximate surface area is 108 Å². The molecule has 0 aliphatic heterocycles. The van der Waals surface area contributed by atoms with Gasteiger partial charge in [0.2, 0.25) is 0 Å². The number of Topliss-reactive ketones (excluding diaryl/α,β-unsaturated/α-hetero) is 1. The quantitative estimate of drug-likeness (QED) is 0.929. The van der Waals surface area contributed by atoms with E-state index >= 15 is 0 Å². The fraction of sp³-hybridized carbons (Fsp3) is 0.333. The van der Waals surface area contributed by atoms with Crippen molar-refractivity contribution in [3.63, 3.8) is 0 Å². The monoisotopic (exact) mass is 301 g/mol. The summed E-state index contributed by atoms with van der Waals surface area (Å²) in [7, 11) is 0. The Morgan fingerprint density at radius 3 is 2.65 bits per heavy atom. The molecule has 0 aliphatic rings. The minimum atomic E-state index is -0.531. The van der Waals surface area contributed by atoms with Gasteiger partial charge in [0, 0.05) is 12.0 Å². The number of ketones is 1. The average Bonchev–Trinajstić information content (AvgIpc) is 2.31. The molecule has 5 heteroatoms. The second kappa shape index (κ2) is 5.91. The average molecular weight is 302 g/mol. The summed E-state index contributed by atoms with van der Waals surface area (Å²) in [6.07, 6.45) is 0.370. The van der Waals surface area contributed by atoms with Crippen molar-refractivity contribution < 1.29 is 14.0 Å². The van der Waals surface area contributed by atoms with Crippen LogP contribution in [-0.4, -0.2) is 17.7 Å². The van der Waals surface area contributed by atoms with Gasteiger partial charge in [-0.25, -0.2) is 4.39 Å². The fourth-order valence-electron chi connectivity index (χ4n) is 1.30. The predicted molar refractivity (Wildman–Crippen MR) is 66.3 cm³/mol. The molecule has 0 heterocycles. The Morgan fingerprint density at radius 2 is 2.12 bits per heavy atom. The van der Waals surface area contributed by atoms with Gasteiger partial charge in [0.1, 0.15) is 5.82 Å². The second-order valence-corrected chi connectivity index (χ2v) is 4.50. The van der Waals surface area contributed by atoms with E-state index in [1.54, 1.807) is 13.8 Å². The van der Waals surface area contributed by atoms with Gasteiger partial charge in [-0.1, -0.05) is 6.92 Å². The van der Waals surface area contributed by atoms with E-state index < -0.39 is 11.9 Å². The molecule has 17 heavy (non-hydrogen) atoms. The molecule has 0 aliphatic carbocycles. The van der Waals surface area contributed by atoms with Crippen LogP contribution in [0.15, 0.2) is 22.7 Å². The van der Waals surface area contributed by atoms with Crippen LogP contribution in [0.3, 0.4) is 0 Å². The van der Waals surface area contributed by atoms with Gasteiger partial charge in [0.15, 0.2) is 5.78 Å². The van der Waals surface area contributed by atoms with Crippen molar-refractivity contribution in [1.82, 2.24) is 5.32 Å². The van der Waals surface area contributed by atoms with Crippen molar-refractivity contribution in [3.05, 3.63) is 34.1 Å². The Morgan fingerprint density at radius 1 is 1.47 bits per heavy atom. The van der Waals surface area contributed by atoms with Crippen LogP contribution >= 0.6 is 15.9 Å². The molecule has 1 aromatic rings. The molecule has 0 aromatic heterocycles. The molecule has 1 N–H and O–H groups in total. The molecule has 3 nitrogen and oxygen atoms in total. The first-order valence-corrected chi connectivity index (χ1v) is 6.03. The van der Waals surface area contributed by atoms with Crippen LogP contribution in [0, 0.1) is 5.82 Å². The maximum Gasteiger partial charge on any atom is 0.251 e. The van der Waals surface area contributed by atoms with E-state index in [1.807, 2.05) is 0 Å². The van der Waals surface area contributed by atoms with Crippen LogP contribution in [0.2, 0.25) is 0 Å². The molecule has 1 rings (SSSR count). The first-order valence-electron chi connectivity index (χ1n) is 5.24. The number of carbonyl (C=O) groups excluding carboxylic acids is 2. The lowest BCUT2D eigenvalue weighted by molar-refractivity contribution is -0.120. The summed E-state index contributed by atoms with van der Waals surface area (Å²) in [4.78, 5) is 23.0. The van der Waals surface area contributed by atoms with Gasteiger partial charge in [0.25, 0.3) is 5.91 Å². The zero-order chi connectivity index (χ0) is 13.0. The van der Waals surface area contributed by atoms with E-state index in [-0.39, 0.29) is 16.2 Å². The molecule has 0 saturated heterocycles. The summed E-state index contributed by atoms with van der Waals surface area (Å²) < 4.78 is 13.2. The molecule has 0 fully saturated rings. The Hall–Kier alpha value is -1.23. The first kappa shape index (κ1) is 13.8.